The first-order chi connectivity index (χ1) is 12.8. The third-order valence-electron chi connectivity index (χ3n) is 4.03. The third-order valence-corrected chi connectivity index (χ3v) is 5.62. The number of nitrogens with one attached hydrogen (secondary N) is 1. The molecule has 0 radical (unpaired) electrons. The fourth-order valence-corrected chi connectivity index (χ4v) is 4.21. The second-order valence-electron chi connectivity index (χ2n) is 5.80. The first-order valence-corrected chi connectivity index (χ1v) is 10.1. The van der Waals surface area contributed by atoms with Gasteiger partial charge in [0, 0.05) is 0 Å². The van der Waals surface area contributed by atoms with Crippen LogP contribution < -0.4 is 5.32 Å². The van der Waals surface area contributed by atoms with Gasteiger partial charge in [-0.1, -0.05) is 0 Å². The van der Waals surface area contributed by atoms with Gasteiger partial charge < -0.3 is 0 Å². The van der Waals surface area contributed by atoms with Crippen molar-refractivity contribution in [3.8, 4) is 22.4 Å². The Morgan fingerprint density at radius 1 is 0.769 bits per heavy atom. The van der Waals surface area contributed by atoms with Gasteiger partial charge in [0.25, 0.3) is 0 Å². The third kappa shape index (κ3) is 3.67. The van der Waals surface area contributed by atoms with Gasteiger partial charge in [0.15, 0.2) is 0 Å². The second-order valence-corrected chi connectivity index (χ2v) is 7.61. The van der Waals surface area contributed by atoms with Gasteiger partial charge in [0.1, 0.15) is 0 Å². The van der Waals surface area contributed by atoms with E-state index in [9.17, 15) is 4.79 Å². The van der Waals surface area contributed by atoms with Crippen molar-refractivity contribution in [3.05, 3.63) is 95.4 Å². The number of rotatable bonds is 4. The van der Waals surface area contributed by atoms with Gasteiger partial charge >= 0.3 is 158 Å². The minimum atomic E-state index is -0.112. The number of anilines is 1. The van der Waals surface area contributed by atoms with Crippen molar-refractivity contribution < 1.29 is 4.79 Å². The Morgan fingerprint density at radius 3 is 2.19 bits per heavy atom. The zero-order valence-corrected chi connectivity index (χ0v) is 15.6. The summed E-state index contributed by atoms with van der Waals surface area (Å²) in [7, 11) is 0. The predicted molar refractivity (Wildman–Crippen MR) is 106 cm³/mol. The van der Waals surface area contributed by atoms with Crippen LogP contribution in [0.25, 0.3) is 22.4 Å². The van der Waals surface area contributed by atoms with Gasteiger partial charge in [-0.25, -0.2) is 0 Å². The zero-order chi connectivity index (χ0) is 17.8. The van der Waals surface area contributed by atoms with E-state index in [1.54, 1.807) is 12.1 Å². The number of benzene rings is 3. The van der Waals surface area contributed by atoms with E-state index >= 15 is 0 Å². The molecule has 0 fully saturated rings. The quantitative estimate of drug-likeness (QED) is 0.501. The normalized spacial score (nSPS) is 10.5. The van der Waals surface area contributed by atoms with Crippen LogP contribution in [-0.2, 0) is 0 Å². The summed E-state index contributed by atoms with van der Waals surface area (Å²) in [6.07, 6.45) is 0. The van der Waals surface area contributed by atoms with Crippen molar-refractivity contribution in [1.82, 2.24) is 4.98 Å². The monoisotopic (exact) mass is 404 g/mol. The molecule has 0 aliphatic heterocycles. The predicted octanol–water partition coefficient (Wildman–Crippen LogP) is 4.72. The van der Waals surface area contributed by atoms with Crippen molar-refractivity contribution in [1.29, 1.82) is 0 Å². The Balaban J connectivity index is 1.56. The molecular weight excluding hydrogens is 387 g/mol. The molecule has 3 aromatic carbocycles. The van der Waals surface area contributed by atoms with Crippen LogP contribution in [-0.4, -0.2) is 25.4 Å². The van der Waals surface area contributed by atoms with E-state index in [1.165, 1.54) is 5.56 Å². The summed E-state index contributed by atoms with van der Waals surface area (Å²) in [6, 6.07) is 27.8. The molecule has 0 unspecified atom stereocenters. The Labute approximate surface area is 158 Å². The van der Waals surface area contributed by atoms with Gasteiger partial charge in [-0.3, -0.25) is 0 Å². The average molecular weight is 403 g/mol. The van der Waals surface area contributed by atoms with Gasteiger partial charge in [0.2, 0.25) is 0 Å². The number of hydrogen-bond donors (Lipinski definition) is 1. The number of aromatic nitrogens is 1. The molecule has 1 heterocycles. The van der Waals surface area contributed by atoms with Gasteiger partial charge in [-0.15, -0.1) is 0 Å². The molecule has 4 heteroatoms. The van der Waals surface area contributed by atoms with Gasteiger partial charge in [-0.05, 0) is 0 Å². The molecule has 1 aromatic heterocycles. The van der Waals surface area contributed by atoms with Crippen LogP contribution in [0.4, 0.5) is 4.69 Å². The number of hydrogen-bond acceptors (Lipinski definition) is 2. The molecule has 0 bridgehead atoms. The first kappa shape index (κ1) is 16.5. The molecule has 3 nitrogen and oxygen atoms in total. The molecule has 0 saturated carbocycles. The van der Waals surface area contributed by atoms with Crippen molar-refractivity contribution in [2.75, 3.05) is 5.32 Å². The van der Waals surface area contributed by atoms with E-state index in [1.807, 2.05) is 42.5 Å². The van der Waals surface area contributed by atoms with E-state index in [0.717, 1.165) is 21.5 Å². The molecule has 0 spiro atoms. The van der Waals surface area contributed by atoms with E-state index in [4.69, 9.17) is 0 Å². The van der Waals surface area contributed by atoms with E-state index < -0.39 is 0 Å². The standard InChI is InChI=1S/C22H16N2OSe/c25-21(17-10-5-2-6-11-17)24-22-23-20(15-26-22)19-13-7-12-18(14-19)16-8-3-1-4-9-16/h1-15H,(H,23,24,25). The van der Waals surface area contributed by atoms with Crippen LogP contribution in [0.5, 0.6) is 0 Å². The van der Waals surface area contributed by atoms with Crippen molar-refractivity contribution in [2.24, 2.45) is 0 Å². The van der Waals surface area contributed by atoms with Crippen LogP contribution >= 0.6 is 0 Å². The van der Waals surface area contributed by atoms with Gasteiger partial charge in [0.05, 0.1) is 0 Å². The second kappa shape index (κ2) is 7.52. The van der Waals surface area contributed by atoms with Crippen LogP contribution in [0.15, 0.2) is 89.9 Å². The van der Waals surface area contributed by atoms with E-state index in [2.05, 4.69) is 45.6 Å². The molecule has 1 N–H and O–H groups in total. The Morgan fingerprint density at radius 2 is 1.42 bits per heavy atom. The molecule has 0 saturated heterocycles. The summed E-state index contributed by atoms with van der Waals surface area (Å²) >= 11 is 0.0303. The summed E-state index contributed by atoms with van der Waals surface area (Å²) in [5, 5.41) is 2.93. The minimum absolute atomic E-state index is 0.0303. The summed E-state index contributed by atoms with van der Waals surface area (Å²) in [5.74, 6) is -0.112. The maximum atomic E-state index is 12.3. The van der Waals surface area contributed by atoms with E-state index in [-0.39, 0.29) is 20.4 Å². The molecule has 26 heavy (non-hydrogen) atoms. The molecule has 0 atom stereocenters. The van der Waals surface area contributed by atoms with Crippen molar-refractivity contribution in [2.45, 2.75) is 0 Å². The number of amides is 1. The summed E-state index contributed by atoms with van der Waals surface area (Å²) in [6.45, 7) is 0. The van der Waals surface area contributed by atoms with Crippen molar-refractivity contribution in [3.63, 3.8) is 0 Å². The maximum absolute atomic E-state index is 12.3. The Hall–Kier alpha value is -2.94. The zero-order valence-electron chi connectivity index (χ0n) is 13.9. The van der Waals surface area contributed by atoms with Crippen molar-refractivity contribution >= 4 is 25.1 Å². The van der Waals surface area contributed by atoms with Crippen LogP contribution in [0.2, 0.25) is 0 Å². The number of nitrogens with zero attached hydrogens (tertiary/aromatic N) is 1. The fraction of sp³-hybridized carbons (Fsp3) is 0. The van der Waals surface area contributed by atoms with Crippen LogP contribution in [0.1, 0.15) is 10.4 Å². The summed E-state index contributed by atoms with van der Waals surface area (Å²) in [5.41, 5.74) is 4.97. The van der Waals surface area contributed by atoms with Gasteiger partial charge in [-0.2, -0.15) is 0 Å². The van der Waals surface area contributed by atoms with Crippen LogP contribution in [0.3, 0.4) is 0 Å². The van der Waals surface area contributed by atoms with E-state index in [0.29, 0.717) is 5.56 Å². The molecule has 1 amide bonds. The summed E-state index contributed by atoms with van der Waals surface area (Å²) < 4.78 is 0.742. The molecule has 0 aliphatic rings. The molecule has 4 aromatic rings. The SMILES string of the molecule is O=C(Nc1nc(-c2cccc(-c3ccccc3)c2)c[se]1)c1ccccc1. The molecule has 126 valence electrons. The molecule has 4 rings (SSSR count). The Kier molecular flexibility index (Phi) is 4.78. The average Bonchev–Trinajstić information content (AvgIpc) is 3.18. The fourth-order valence-electron chi connectivity index (χ4n) is 2.71. The van der Waals surface area contributed by atoms with Crippen LogP contribution in [0, 0.1) is 0 Å². The molecular formula is C22H16N2OSe. The molecule has 0 aliphatic carbocycles. The Bertz CT molecular complexity index is 1030. The summed E-state index contributed by atoms with van der Waals surface area (Å²) in [4.78, 5) is 19.0. The number of carbonyl (C=O) groups excluding carboxylic acids is 1. The topological polar surface area (TPSA) is 42.0 Å². The first-order valence-electron chi connectivity index (χ1n) is 8.27. The number of carbonyl (C=O) groups is 1.